The lowest BCUT2D eigenvalue weighted by Crippen LogP contribution is -2.03. The predicted molar refractivity (Wildman–Crippen MR) is 72.3 cm³/mol. The summed E-state index contributed by atoms with van der Waals surface area (Å²) in [5.41, 5.74) is 3.77. The molecule has 2 atom stereocenters. The van der Waals surface area contributed by atoms with Gasteiger partial charge in [0.05, 0.1) is 11.6 Å². The third-order valence-electron chi connectivity index (χ3n) is 4.11. The molecule has 0 radical (unpaired) electrons. The van der Waals surface area contributed by atoms with Gasteiger partial charge in [0.2, 0.25) is 0 Å². The maximum Gasteiger partial charge on any atom is 0.0991 e. The van der Waals surface area contributed by atoms with Crippen LogP contribution in [0.3, 0.4) is 0 Å². The summed E-state index contributed by atoms with van der Waals surface area (Å²) >= 11 is 0. The summed E-state index contributed by atoms with van der Waals surface area (Å²) in [6, 6.07) is 20.9. The Labute approximate surface area is 108 Å². The molecule has 2 aromatic carbocycles. The first-order valence-corrected chi connectivity index (χ1v) is 6.29. The van der Waals surface area contributed by atoms with Gasteiger partial charge in [0, 0.05) is 0 Å². The molecule has 1 fully saturated rings. The average molecular weight is 233 g/mol. The van der Waals surface area contributed by atoms with Gasteiger partial charge in [-0.3, -0.25) is 0 Å². The fraction of sp³-hybridized carbons (Fsp3) is 0.235. The highest BCUT2D eigenvalue weighted by atomic mass is 14.5. The van der Waals surface area contributed by atoms with Gasteiger partial charge in [-0.25, -0.2) is 0 Å². The second-order valence-electron chi connectivity index (χ2n) is 5.27. The summed E-state index contributed by atoms with van der Waals surface area (Å²) in [6.07, 6.45) is 1.20. The summed E-state index contributed by atoms with van der Waals surface area (Å²) in [6.45, 7) is 2.32. The maximum absolute atomic E-state index is 8.81. The molecule has 88 valence electrons. The Morgan fingerprint density at radius 3 is 2.33 bits per heavy atom. The third kappa shape index (κ3) is 1.71. The van der Waals surface area contributed by atoms with Crippen LogP contribution in [-0.4, -0.2) is 0 Å². The minimum absolute atomic E-state index is 0.273. The van der Waals surface area contributed by atoms with Crippen LogP contribution in [0, 0.1) is 11.3 Å². The highest BCUT2D eigenvalue weighted by molar-refractivity contribution is 5.43. The van der Waals surface area contributed by atoms with Gasteiger partial charge in [0.25, 0.3) is 0 Å². The van der Waals surface area contributed by atoms with Crippen LogP contribution in [0.15, 0.2) is 54.6 Å². The summed E-state index contributed by atoms with van der Waals surface area (Å²) < 4.78 is 0. The lowest BCUT2D eigenvalue weighted by atomic mass is 9.92. The summed E-state index contributed by atoms with van der Waals surface area (Å²) in [5.74, 6) is 0.590. The van der Waals surface area contributed by atoms with Gasteiger partial charge < -0.3 is 0 Å². The van der Waals surface area contributed by atoms with E-state index in [-0.39, 0.29) is 5.41 Å². The van der Waals surface area contributed by atoms with Crippen LogP contribution in [0.2, 0.25) is 0 Å². The Bertz CT molecular complexity index is 592. The molecule has 18 heavy (non-hydrogen) atoms. The van der Waals surface area contributed by atoms with E-state index < -0.39 is 0 Å². The zero-order valence-electron chi connectivity index (χ0n) is 10.4. The first-order chi connectivity index (χ1) is 8.74. The minimum Gasteiger partial charge on any atom is -0.192 e. The van der Waals surface area contributed by atoms with Crippen LogP contribution in [0.5, 0.6) is 0 Å². The van der Waals surface area contributed by atoms with Gasteiger partial charge in [0.15, 0.2) is 0 Å². The molecule has 1 aliphatic carbocycles. The number of nitriles is 1. The highest BCUT2D eigenvalue weighted by Gasteiger charge is 2.51. The number of hydrogen-bond donors (Lipinski definition) is 0. The zero-order chi connectivity index (χ0) is 12.6. The van der Waals surface area contributed by atoms with Gasteiger partial charge in [-0.2, -0.15) is 5.26 Å². The van der Waals surface area contributed by atoms with Gasteiger partial charge >= 0.3 is 0 Å². The van der Waals surface area contributed by atoms with Gasteiger partial charge in [-0.1, -0.05) is 49.4 Å². The fourth-order valence-electron chi connectivity index (χ4n) is 2.78. The Kier molecular flexibility index (Phi) is 2.45. The summed E-state index contributed by atoms with van der Waals surface area (Å²) in [7, 11) is 0. The third-order valence-corrected chi connectivity index (χ3v) is 4.11. The molecule has 0 saturated heterocycles. The molecule has 0 aliphatic heterocycles. The molecule has 1 heteroatoms. The molecule has 1 nitrogen and oxygen atoms in total. The predicted octanol–water partition coefficient (Wildman–Crippen LogP) is 4.00. The quantitative estimate of drug-likeness (QED) is 0.769. The van der Waals surface area contributed by atoms with Crippen molar-refractivity contribution in [1.82, 2.24) is 0 Å². The fourth-order valence-corrected chi connectivity index (χ4v) is 2.78. The molecule has 0 N–H and O–H groups in total. The number of hydrogen-bond acceptors (Lipinski definition) is 1. The van der Waals surface area contributed by atoms with E-state index >= 15 is 0 Å². The molecule has 0 aromatic heterocycles. The SMILES string of the molecule is C[C@]1(c2ccccc2)C[C@H]1c1ccc(C#N)cc1. The minimum atomic E-state index is 0.273. The number of nitrogens with zero attached hydrogens (tertiary/aromatic N) is 1. The van der Waals surface area contributed by atoms with Crippen LogP contribution >= 0.6 is 0 Å². The zero-order valence-corrected chi connectivity index (χ0v) is 10.4. The van der Waals surface area contributed by atoms with E-state index in [0.29, 0.717) is 5.92 Å². The van der Waals surface area contributed by atoms with E-state index in [1.165, 1.54) is 17.5 Å². The topological polar surface area (TPSA) is 23.8 Å². The average Bonchev–Trinajstić information content (AvgIpc) is 3.14. The standard InChI is InChI=1S/C17H15N/c1-17(15-5-3-2-4-6-15)11-16(17)14-9-7-13(12-18)8-10-14/h2-10,16H,11H2,1H3/t16-,17+/m0/s1. The van der Waals surface area contributed by atoms with Crippen molar-refractivity contribution in [3.05, 3.63) is 71.3 Å². The lowest BCUT2D eigenvalue weighted by molar-refractivity contribution is 0.749. The molecule has 3 rings (SSSR count). The Balaban J connectivity index is 1.87. The molecule has 0 heterocycles. The van der Waals surface area contributed by atoms with Crippen molar-refractivity contribution < 1.29 is 0 Å². The van der Waals surface area contributed by atoms with Crippen molar-refractivity contribution in [2.24, 2.45) is 0 Å². The van der Waals surface area contributed by atoms with Crippen LogP contribution in [0.25, 0.3) is 0 Å². The molecule has 0 spiro atoms. The summed E-state index contributed by atoms with van der Waals surface area (Å²) in [4.78, 5) is 0. The lowest BCUT2D eigenvalue weighted by Gasteiger charge is -2.11. The van der Waals surface area contributed by atoms with E-state index in [1.807, 2.05) is 12.1 Å². The van der Waals surface area contributed by atoms with Crippen LogP contribution < -0.4 is 0 Å². The van der Waals surface area contributed by atoms with E-state index in [2.05, 4.69) is 55.5 Å². The van der Waals surface area contributed by atoms with Crippen molar-refractivity contribution in [3.63, 3.8) is 0 Å². The van der Waals surface area contributed by atoms with Gasteiger partial charge in [-0.15, -0.1) is 0 Å². The van der Waals surface area contributed by atoms with E-state index in [4.69, 9.17) is 5.26 Å². The molecule has 1 saturated carbocycles. The Morgan fingerprint density at radius 2 is 1.72 bits per heavy atom. The molecular formula is C17H15N. The van der Waals surface area contributed by atoms with E-state index in [0.717, 1.165) is 5.56 Å². The van der Waals surface area contributed by atoms with Crippen LogP contribution in [0.1, 0.15) is 36.0 Å². The summed E-state index contributed by atoms with van der Waals surface area (Å²) in [5, 5.41) is 8.81. The molecule has 2 aromatic rings. The molecular weight excluding hydrogens is 218 g/mol. The van der Waals surface area contributed by atoms with Crippen molar-refractivity contribution in [2.45, 2.75) is 24.7 Å². The van der Waals surface area contributed by atoms with Gasteiger partial charge in [0.1, 0.15) is 0 Å². The first-order valence-electron chi connectivity index (χ1n) is 6.29. The first kappa shape index (κ1) is 11.0. The van der Waals surface area contributed by atoms with Crippen molar-refractivity contribution in [1.29, 1.82) is 5.26 Å². The Hall–Kier alpha value is -2.07. The molecule has 0 unspecified atom stereocenters. The largest absolute Gasteiger partial charge is 0.192 e. The van der Waals surface area contributed by atoms with E-state index in [9.17, 15) is 0 Å². The van der Waals surface area contributed by atoms with E-state index in [1.54, 1.807) is 0 Å². The van der Waals surface area contributed by atoms with Crippen molar-refractivity contribution in [3.8, 4) is 6.07 Å². The normalized spacial score (nSPS) is 25.4. The number of rotatable bonds is 2. The smallest absolute Gasteiger partial charge is 0.0991 e. The monoisotopic (exact) mass is 233 g/mol. The maximum atomic E-state index is 8.81. The molecule has 0 amide bonds. The van der Waals surface area contributed by atoms with Crippen LogP contribution in [0.4, 0.5) is 0 Å². The highest BCUT2D eigenvalue weighted by Crippen LogP contribution is 2.60. The van der Waals surface area contributed by atoms with Gasteiger partial charge in [-0.05, 0) is 41.0 Å². The molecule has 1 aliphatic rings. The van der Waals surface area contributed by atoms with Crippen molar-refractivity contribution in [2.75, 3.05) is 0 Å². The van der Waals surface area contributed by atoms with Crippen molar-refractivity contribution >= 4 is 0 Å². The number of benzene rings is 2. The molecule has 0 bridgehead atoms. The Morgan fingerprint density at radius 1 is 1.06 bits per heavy atom. The second kappa shape index (κ2) is 3.99. The second-order valence-corrected chi connectivity index (χ2v) is 5.27. The van der Waals surface area contributed by atoms with Crippen LogP contribution in [-0.2, 0) is 5.41 Å².